The van der Waals surface area contributed by atoms with E-state index in [-0.39, 0.29) is 30.1 Å². The zero-order valence-electron chi connectivity index (χ0n) is 14.0. The molecule has 1 heterocycles. The number of morpholine rings is 1. The van der Waals surface area contributed by atoms with Crippen LogP contribution in [0.15, 0.2) is 29.3 Å². The number of ether oxygens (including phenoxy) is 2. The lowest BCUT2D eigenvalue weighted by Crippen LogP contribution is -2.48. The Balaban J connectivity index is 0.00000264. The Bertz CT molecular complexity index is 481. The Hall–Kier alpha value is -1.06. The minimum absolute atomic E-state index is 0. The van der Waals surface area contributed by atoms with E-state index < -0.39 is 0 Å². The van der Waals surface area contributed by atoms with Crippen molar-refractivity contribution in [2.45, 2.75) is 12.6 Å². The van der Waals surface area contributed by atoms with Crippen LogP contribution in [0, 0.1) is 0 Å². The number of halogens is 1. The fourth-order valence-electron chi connectivity index (χ4n) is 2.35. The van der Waals surface area contributed by atoms with Gasteiger partial charge in [0.25, 0.3) is 0 Å². The van der Waals surface area contributed by atoms with Crippen LogP contribution in [-0.2, 0) is 11.3 Å². The molecule has 1 atom stereocenters. The van der Waals surface area contributed by atoms with E-state index in [0.29, 0.717) is 0 Å². The molecule has 130 valence electrons. The van der Waals surface area contributed by atoms with Crippen molar-refractivity contribution in [1.82, 2.24) is 15.5 Å². The first-order chi connectivity index (χ1) is 10.7. The summed E-state index contributed by atoms with van der Waals surface area (Å²) in [6, 6.07) is 7.99. The standard InChI is InChI=1S/C16H26N4O2.HI/c1-17-16(19-11-15-12-20(2)8-9-22-15)18-10-13-4-6-14(21-3)7-5-13;/h4-7,15H,8-12H2,1-3H3,(H2,17,18,19);1H. The quantitative estimate of drug-likeness (QED) is 0.416. The molecule has 0 bridgehead atoms. The van der Waals surface area contributed by atoms with Crippen LogP contribution in [-0.4, -0.2) is 64.4 Å². The van der Waals surface area contributed by atoms with Gasteiger partial charge in [-0.2, -0.15) is 0 Å². The van der Waals surface area contributed by atoms with Gasteiger partial charge in [0.2, 0.25) is 0 Å². The summed E-state index contributed by atoms with van der Waals surface area (Å²) < 4.78 is 10.9. The van der Waals surface area contributed by atoms with Gasteiger partial charge in [-0.3, -0.25) is 4.99 Å². The molecule has 1 unspecified atom stereocenters. The molecule has 1 saturated heterocycles. The molecule has 0 amide bonds. The first-order valence-corrected chi connectivity index (χ1v) is 7.59. The molecule has 0 aromatic heterocycles. The van der Waals surface area contributed by atoms with Crippen LogP contribution in [0.1, 0.15) is 5.56 Å². The number of hydrogen-bond acceptors (Lipinski definition) is 4. The van der Waals surface area contributed by atoms with E-state index in [1.165, 1.54) is 5.56 Å². The average Bonchev–Trinajstić information content (AvgIpc) is 2.55. The van der Waals surface area contributed by atoms with E-state index in [1.807, 2.05) is 24.3 Å². The summed E-state index contributed by atoms with van der Waals surface area (Å²) in [5.41, 5.74) is 1.18. The number of rotatable bonds is 5. The van der Waals surface area contributed by atoms with Crippen LogP contribution in [0.2, 0.25) is 0 Å². The largest absolute Gasteiger partial charge is 0.497 e. The van der Waals surface area contributed by atoms with Gasteiger partial charge in [-0.15, -0.1) is 24.0 Å². The molecule has 7 heteroatoms. The molecule has 0 spiro atoms. The van der Waals surface area contributed by atoms with Gasteiger partial charge in [0.1, 0.15) is 5.75 Å². The Labute approximate surface area is 155 Å². The van der Waals surface area contributed by atoms with Crippen molar-refractivity contribution in [2.75, 3.05) is 47.4 Å². The minimum atomic E-state index is 0. The van der Waals surface area contributed by atoms with E-state index >= 15 is 0 Å². The highest BCUT2D eigenvalue weighted by Crippen LogP contribution is 2.10. The van der Waals surface area contributed by atoms with Gasteiger partial charge in [-0.05, 0) is 24.7 Å². The topological polar surface area (TPSA) is 58.1 Å². The van der Waals surface area contributed by atoms with Gasteiger partial charge in [0, 0.05) is 33.2 Å². The van der Waals surface area contributed by atoms with Gasteiger partial charge in [0.15, 0.2) is 5.96 Å². The number of nitrogens with zero attached hydrogens (tertiary/aromatic N) is 2. The minimum Gasteiger partial charge on any atom is -0.497 e. The molecule has 1 aliphatic heterocycles. The number of nitrogens with one attached hydrogen (secondary N) is 2. The van der Waals surface area contributed by atoms with E-state index in [2.05, 4.69) is 27.6 Å². The van der Waals surface area contributed by atoms with E-state index in [9.17, 15) is 0 Å². The number of guanidine groups is 1. The Morgan fingerprint density at radius 1 is 1.35 bits per heavy atom. The second-order valence-electron chi connectivity index (χ2n) is 5.41. The maximum absolute atomic E-state index is 5.73. The van der Waals surface area contributed by atoms with Crippen LogP contribution in [0.3, 0.4) is 0 Å². The van der Waals surface area contributed by atoms with Crippen LogP contribution in [0.25, 0.3) is 0 Å². The van der Waals surface area contributed by atoms with E-state index in [1.54, 1.807) is 14.2 Å². The number of benzene rings is 1. The van der Waals surface area contributed by atoms with Crippen LogP contribution in [0.4, 0.5) is 0 Å². The van der Waals surface area contributed by atoms with E-state index in [0.717, 1.165) is 44.5 Å². The normalized spacial score (nSPS) is 18.9. The van der Waals surface area contributed by atoms with Crippen LogP contribution >= 0.6 is 24.0 Å². The smallest absolute Gasteiger partial charge is 0.191 e. The molecule has 2 rings (SSSR count). The molecule has 0 saturated carbocycles. The number of hydrogen-bond donors (Lipinski definition) is 2. The maximum atomic E-state index is 5.73. The summed E-state index contributed by atoms with van der Waals surface area (Å²) in [5.74, 6) is 1.65. The molecule has 1 aromatic rings. The van der Waals surface area contributed by atoms with Gasteiger partial charge >= 0.3 is 0 Å². The van der Waals surface area contributed by atoms with Gasteiger partial charge in [0.05, 0.1) is 19.8 Å². The molecule has 1 fully saturated rings. The zero-order valence-corrected chi connectivity index (χ0v) is 16.4. The second kappa shape index (κ2) is 10.7. The molecular weight excluding hydrogens is 407 g/mol. The average molecular weight is 434 g/mol. The Morgan fingerprint density at radius 3 is 2.70 bits per heavy atom. The molecule has 2 N–H and O–H groups in total. The van der Waals surface area contributed by atoms with Crippen LogP contribution < -0.4 is 15.4 Å². The summed E-state index contributed by atoms with van der Waals surface area (Å²) in [4.78, 5) is 6.52. The predicted octanol–water partition coefficient (Wildman–Crippen LogP) is 1.31. The van der Waals surface area contributed by atoms with E-state index in [4.69, 9.17) is 9.47 Å². The first-order valence-electron chi connectivity index (χ1n) is 7.59. The van der Waals surface area contributed by atoms with Crippen LogP contribution in [0.5, 0.6) is 5.75 Å². The summed E-state index contributed by atoms with van der Waals surface area (Å²) in [6.45, 7) is 4.21. The lowest BCUT2D eigenvalue weighted by molar-refractivity contribution is -0.0161. The maximum Gasteiger partial charge on any atom is 0.191 e. The fourth-order valence-corrected chi connectivity index (χ4v) is 2.35. The van der Waals surface area contributed by atoms with Crippen molar-refractivity contribution < 1.29 is 9.47 Å². The summed E-state index contributed by atoms with van der Waals surface area (Å²) in [5, 5.41) is 6.62. The van der Waals surface area contributed by atoms with Crippen molar-refractivity contribution in [3.8, 4) is 5.75 Å². The Kier molecular flexibility index (Phi) is 9.27. The number of likely N-dealkylation sites (N-methyl/N-ethyl adjacent to an activating group) is 1. The lowest BCUT2D eigenvalue weighted by Gasteiger charge is -2.30. The first kappa shape index (κ1) is 20.0. The summed E-state index contributed by atoms with van der Waals surface area (Å²) in [7, 11) is 5.56. The predicted molar refractivity (Wildman–Crippen MR) is 104 cm³/mol. The molecule has 1 aliphatic rings. The molecule has 0 radical (unpaired) electrons. The van der Waals surface area contributed by atoms with Gasteiger partial charge in [-0.1, -0.05) is 12.1 Å². The van der Waals surface area contributed by atoms with Crippen molar-refractivity contribution in [1.29, 1.82) is 0 Å². The summed E-state index contributed by atoms with van der Waals surface area (Å²) >= 11 is 0. The van der Waals surface area contributed by atoms with Crippen molar-refractivity contribution >= 4 is 29.9 Å². The molecule has 1 aromatic carbocycles. The third-order valence-corrected chi connectivity index (χ3v) is 3.68. The van der Waals surface area contributed by atoms with Crippen molar-refractivity contribution in [2.24, 2.45) is 4.99 Å². The van der Waals surface area contributed by atoms with Gasteiger partial charge < -0.3 is 25.0 Å². The van der Waals surface area contributed by atoms with Crippen molar-refractivity contribution in [3.05, 3.63) is 29.8 Å². The second-order valence-corrected chi connectivity index (χ2v) is 5.41. The highest BCUT2D eigenvalue weighted by Gasteiger charge is 2.17. The highest BCUT2D eigenvalue weighted by molar-refractivity contribution is 14.0. The monoisotopic (exact) mass is 434 g/mol. The molecule has 23 heavy (non-hydrogen) atoms. The SMILES string of the molecule is CN=C(NCc1ccc(OC)cc1)NCC1CN(C)CCO1.I. The zero-order chi connectivity index (χ0) is 15.8. The molecule has 6 nitrogen and oxygen atoms in total. The highest BCUT2D eigenvalue weighted by atomic mass is 127. The van der Waals surface area contributed by atoms with Gasteiger partial charge in [-0.25, -0.2) is 0 Å². The fraction of sp³-hybridized carbons (Fsp3) is 0.562. The number of methoxy groups -OCH3 is 1. The molecule has 0 aliphatic carbocycles. The number of aliphatic imine (C=N–C) groups is 1. The third-order valence-electron chi connectivity index (χ3n) is 3.68. The lowest BCUT2D eigenvalue weighted by atomic mass is 10.2. The van der Waals surface area contributed by atoms with Crippen molar-refractivity contribution in [3.63, 3.8) is 0 Å². The Morgan fingerprint density at radius 2 is 2.09 bits per heavy atom. The summed E-state index contributed by atoms with van der Waals surface area (Å²) in [6.07, 6.45) is 0.207. The third kappa shape index (κ3) is 6.92. The molecular formula is C16H27IN4O2.